The molecular weight excluding hydrogens is 245 g/mol. The summed E-state index contributed by atoms with van der Waals surface area (Å²) in [6.45, 7) is 2.11. The summed E-state index contributed by atoms with van der Waals surface area (Å²) in [6, 6.07) is 6.71. The van der Waals surface area contributed by atoms with E-state index in [1.54, 1.807) is 7.05 Å². The zero-order valence-corrected chi connectivity index (χ0v) is 11.2. The van der Waals surface area contributed by atoms with E-state index in [4.69, 9.17) is 10.5 Å². The highest BCUT2D eigenvalue weighted by Crippen LogP contribution is 2.34. The molecule has 104 valence electrons. The third kappa shape index (κ3) is 3.23. The first-order valence-electron chi connectivity index (χ1n) is 6.46. The zero-order chi connectivity index (χ0) is 13.7. The van der Waals surface area contributed by atoms with E-state index >= 15 is 0 Å². The summed E-state index contributed by atoms with van der Waals surface area (Å²) in [7, 11) is 1.65. The molecule has 1 aliphatic heterocycles. The summed E-state index contributed by atoms with van der Waals surface area (Å²) >= 11 is 0. The molecule has 1 saturated heterocycles. The van der Waals surface area contributed by atoms with Gasteiger partial charge in [0.25, 0.3) is 0 Å². The van der Waals surface area contributed by atoms with Crippen molar-refractivity contribution in [2.75, 3.05) is 26.8 Å². The molecule has 19 heavy (non-hydrogen) atoms. The van der Waals surface area contributed by atoms with E-state index in [9.17, 15) is 4.39 Å². The van der Waals surface area contributed by atoms with Gasteiger partial charge in [-0.25, -0.2) is 4.39 Å². The summed E-state index contributed by atoms with van der Waals surface area (Å²) in [5.74, 6) is 0.210. The lowest BCUT2D eigenvalue weighted by Crippen LogP contribution is -2.46. The van der Waals surface area contributed by atoms with E-state index in [0.717, 1.165) is 18.4 Å². The maximum absolute atomic E-state index is 13.1. The Hall–Kier alpha value is -1.62. The fourth-order valence-electron chi connectivity index (χ4n) is 2.47. The molecule has 1 fully saturated rings. The van der Waals surface area contributed by atoms with Crippen LogP contribution in [0.4, 0.5) is 4.39 Å². The number of benzene rings is 1. The van der Waals surface area contributed by atoms with Crippen molar-refractivity contribution in [3.63, 3.8) is 0 Å². The molecule has 2 rings (SSSR count). The Morgan fingerprint density at radius 1 is 1.37 bits per heavy atom. The van der Waals surface area contributed by atoms with E-state index in [1.165, 1.54) is 12.1 Å². The Morgan fingerprint density at radius 3 is 2.58 bits per heavy atom. The largest absolute Gasteiger partial charge is 0.381 e. The van der Waals surface area contributed by atoms with Crippen molar-refractivity contribution in [3.05, 3.63) is 35.6 Å². The zero-order valence-electron chi connectivity index (χ0n) is 11.2. The number of rotatable bonds is 3. The lowest BCUT2D eigenvalue weighted by atomic mass is 9.74. The number of nitrogens with zero attached hydrogens (tertiary/aromatic N) is 1. The third-order valence-corrected chi connectivity index (χ3v) is 3.76. The number of hydrogen-bond acceptors (Lipinski definition) is 2. The maximum Gasteiger partial charge on any atom is 0.188 e. The van der Waals surface area contributed by atoms with Gasteiger partial charge in [-0.1, -0.05) is 12.1 Å². The Kier molecular flexibility index (Phi) is 4.37. The molecular formula is C14H20FN3O. The minimum atomic E-state index is -0.214. The number of nitrogens with two attached hydrogens (primary N) is 1. The quantitative estimate of drug-likeness (QED) is 0.641. The van der Waals surface area contributed by atoms with Crippen LogP contribution >= 0.6 is 0 Å². The predicted molar refractivity (Wildman–Crippen MR) is 73.7 cm³/mol. The summed E-state index contributed by atoms with van der Waals surface area (Å²) in [4.78, 5) is 3.90. The van der Waals surface area contributed by atoms with Crippen LogP contribution in [-0.2, 0) is 10.2 Å². The fourth-order valence-corrected chi connectivity index (χ4v) is 2.47. The molecule has 0 bridgehead atoms. The SMILES string of the molecule is CN=C(N)NCC1(c2ccc(F)cc2)CCOCC1. The molecule has 0 radical (unpaired) electrons. The molecule has 0 saturated carbocycles. The molecule has 0 amide bonds. The number of hydrogen-bond donors (Lipinski definition) is 2. The second-order valence-electron chi connectivity index (χ2n) is 4.86. The van der Waals surface area contributed by atoms with Gasteiger partial charge < -0.3 is 15.8 Å². The normalized spacial score (nSPS) is 19.2. The van der Waals surface area contributed by atoms with Gasteiger partial charge in [-0.2, -0.15) is 0 Å². The van der Waals surface area contributed by atoms with Crippen LogP contribution in [0, 0.1) is 5.82 Å². The highest BCUT2D eigenvalue weighted by atomic mass is 19.1. The van der Waals surface area contributed by atoms with Gasteiger partial charge in [-0.3, -0.25) is 4.99 Å². The van der Waals surface area contributed by atoms with Crippen molar-refractivity contribution in [2.45, 2.75) is 18.3 Å². The molecule has 0 atom stereocenters. The van der Waals surface area contributed by atoms with Crippen LogP contribution < -0.4 is 11.1 Å². The monoisotopic (exact) mass is 265 g/mol. The molecule has 5 heteroatoms. The molecule has 0 aromatic heterocycles. The molecule has 0 spiro atoms. The van der Waals surface area contributed by atoms with Crippen LogP contribution in [0.2, 0.25) is 0 Å². The summed E-state index contributed by atoms with van der Waals surface area (Å²) in [6.07, 6.45) is 1.78. The molecule has 1 aromatic rings. The Morgan fingerprint density at radius 2 is 2.00 bits per heavy atom. The highest BCUT2D eigenvalue weighted by molar-refractivity contribution is 5.77. The maximum atomic E-state index is 13.1. The number of ether oxygens (including phenoxy) is 1. The van der Waals surface area contributed by atoms with Gasteiger partial charge >= 0.3 is 0 Å². The predicted octanol–water partition coefficient (Wildman–Crippen LogP) is 1.41. The second-order valence-corrected chi connectivity index (χ2v) is 4.86. The molecule has 1 heterocycles. The summed E-state index contributed by atoms with van der Waals surface area (Å²) in [5.41, 5.74) is 6.75. The van der Waals surface area contributed by atoms with Gasteiger partial charge in [-0.05, 0) is 30.5 Å². The summed E-state index contributed by atoms with van der Waals surface area (Å²) < 4.78 is 18.5. The Bertz CT molecular complexity index is 439. The van der Waals surface area contributed by atoms with E-state index in [2.05, 4.69) is 10.3 Å². The van der Waals surface area contributed by atoms with Gasteiger partial charge in [0.1, 0.15) is 5.82 Å². The van der Waals surface area contributed by atoms with Crippen LogP contribution in [-0.4, -0.2) is 32.8 Å². The smallest absolute Gasteiger partial charge is 0.188 e. The minimum Gasteiger partial charge on any atom is -0.381 e. The average Bonchev–Trinajstić information content (AvgIpc) is 2.46. The lowest BCUT2D eigenvalue weighted by molar-refractivity contribution is 0.0514. The Balaban J connectivity index is 2.21. The van der Waals surface area contributed by atoms with E-state index in [0.29, 0.717) is 25.7 Å². The first-order valence-corrected chi connectivity index (χ1v) is 6.46. The van der Waals surface area contributed by atoms with Gasteiger partial charge in [0.15, 0.2) is 5.96 Å². The van der Waals surface area contributed by atoms with Crippen molar-refractivity contribution < 1.29 is 9.13 Å². The van der Waals surface area contributed by atoms with Crippen LogP contribution in [0.1, 0.15) is 18.4 Å². The number of halogens is 1. The van der Waals surface area contributed by atoms with E-state index < -0.39 is 0 Å². The van der Waals surface area contributed by atoms with Gasteiger partial charge in [0, 0.05) is 32.2 Å². The van der Waals surface area contributed by atoms with E-state index in [-0.39, 0.29) is 11.2 Å². The topological polar surface area (TPSA) is 59.6 Å². The molecule has 3 N–H and O–H groups in total. The van der Waals surface area contributed by atoms with Gasteiger partial charge in [0.05, 0.1) is 0 Å². The molecule has 1 aliphatic rings. The van der Waals surface area contributed by atoms with Crippen molar-refractivity contribution in [1.29, 1.82) is 0 Å². The van der Waals surface area contributed by atoms with Crippen LogP contribution in [0.5, 0.6) is 0 Å². The first-order chi connectivity index (χ1) is 9.16. The van der Waals surface area contributed by atoms with Crippen molar-refractivity contribution in [1.82, 2.24) is 5.32 Å². The van der Waals surface area contributed by atoms with Crippen molar-refractivity contribution in [3.8, 4) is 0 Å². The third-order valence-electron chi connectivity index (χ3n) is 3.76. The minimum absolute atomic E-state index is 0.0682. The van der Waals surface area contributed by atoms with Gasteiger partial charge in [-0.15, -0.1) is 0 Å². The van der Waals surface area contributed by atoms with E-state index in [1.807, 2.05) is 12.1 Å². The van der Waals surface area contributed by atoms with Crippen molar-refractivity contribution in [2.24, 2.45) is 10.7 Å². The van der Waals surface area contributed by atoms with Crippen LogP contribution in [0.25, 0.3) is 0 Å². The summed E-state index contributed by atoms with van der Waals surface area (Å²) in [5, 5.41) is 3.13. The molecule has 1 aromatic carbocycles. The molecule has 0 unspecified atom stereocenters. The fraction of sp³-hybridized carbons (Fsp3) is 0.500. The van der Waals surface area contributed by atoms with Crippen molar-refractivity contribution >= 4 is 5.96 Å². The molecule has 4 nitrogen and oxygen atoms in total. The van der Waals surface area contributed by atoms with Crippen LogP contribution in [0.3, 0.4) is 0 Å². The first kappa shape index (κ1) is 13.8. The number of aliphatic imine (C=N–C) groups is 1. The van der Waals surface area contributed by atoms with Crippen LogP contribution in [0.15, 0.2) is 29.3 Å². The number of guanidine groups is 1. The second kappa shape index (κ2) is 6.02. The Labute approximate surface area is 112 Å². The average molecular weight is 265 g/mol. The molecule has 0 aliphatic carbocycles. The standard InChI is InChI=1S/C14H20FN3O/c1-17-13(16)18-10-14(6-8-19-9-7-14)11-2-4-12(15)5-3-11/h2-5H,6-10H2,1H3,(H3,16,17,18). The lowest BCUT2D eigenvalue weighted by Gasteiger charge is -2.38. The van der Waals surface area contributed by atoms with Gasteiger partial charge in [0.2, 0.25) is 0 Å². The highest BCUT2D eigenvalue weighted by Gasteiger charge is 2.34. The number of nitrogens with one attached hydrogen (secondary N) is 1.